The smallest absolute Gasteiger partial charge is 0.279 e. The third kappa shape index (κ3) is 1.24. The Bertz CT molecular complexity index is 694. The summed E-state index contributed by atoms with van der Waals surface area (Å²) in [5.41, 5.74) is 0.571. The number of carbonyl (C=O) groups is 2. The van der Waals surface area contributed by atoms with Crippen LogP contribution in [0.1, 0.15) is 20.8 Å². The third-order valence-electron chi connectivity index (χ3n) is 3.13. The predicted octanol–water partition coefficient (Wildman–Crippen LogP) is 1.47. The maximum absolute atomic E-state index is 12.0. The van der Waals surface area contributed by atoms with Gasteiger partial charge < -0.3 is 4.74 Å². The van der Waals surface area contributed by atoms with Gasteiger partial charge in [0.15, 0.2) is 0 Å². The Labute approximate surface area is 103 Å². The second-order valence-electron chi connectivity index (χ2n) is 4.10. The number of hydrogen-bond acceptors (Lipinski definition) is 4. The van der Waals surface area contributed by atoms with Gasteiger partial charge in [0.1, 0.15) is 11.4 Å². The fraction of sp³-hybridized carbons (Fsp3) is 0.154. The van der Waals surface area contributed by atoms with Crippen molar-refractivity contribution in [2.75, 3.05) is 14.2 Å². The van der Waals surface area contributed by atoms with Gasteiger partial charge in [-0.25, -0.2) is 4.98 Å². The number of benzene rings is 1. The van der Waals surface area contributed by atoms with E-state index in [1.807, 2.05) is 6.07 Å². The zero-order valence-corrected chi connectivity index (χ0v) is 9.93. The average Bonchev–Trinajstić information content (AvgIpc) is 2.63. The largest absolute Gasteiger partial charge is 0.497 e. The van der Waals surface area contributed by atoms with Crippen LogP contribution < -0.4 is 4.74 Å². The van der Waals surface area contributed by atoms with E-state index >= 15 is 0 Å². The Hall–Kier alpha value is -2.43. The number of fused-ring (bicyclic) bond motifs is 3. The van der Waals surface area contributed by atoms with Gasteiger partial charge in [-0.15, -0.1) is 0 Å². The molecule has 1 aromatic carbocycles. The second kappa shape index (κ2) is 3.53. The van der Waals surface area contributed by atoms with Crippen molar-refractivity contribution in [3.63, 3.8) is 0 Å². The maximum Gasteiger partial charge on any atom is 0.279 e. The molecule has 0 atom stereocenters. The molecule has 0 saturated carbocycles. The molecule has 0 saturated heterocycles. The van der Waals surface area contributed by atoms with Gasteiger partial charge in [-0.2, -0.15) is 0 Å². The summed E-state index contributed by atoms with van der Waals surface area (Å²) < 4.78 is 5.14. The summed E-state index contributed by atoms with van der Waals surface area (Å²) in [6.07, 6.45) is 1.60. The first kappa shape index (κ1) is 10.7. The van der Waals surface area contributed by atoms with Crippen molar-refractivity contribution in [1.82, 2.24) is 9.88 Å². The quantitative estimate of drug-likeness (QED) is 0.710. The summed E-state index contributed by atoms with van der Waals surface area (Å²) >= 11 is 0. The standard InChI is InChI=1S/C13H10N2O3/c1-15-12(16)10-9-5-8(18-2)4-3-7(9)6-14-11(10)13(15)17/h3-6H,1-2H3. The van der Waals surface area contributed by atoms with E-state index in [-0.39, 0.29) is 17.5 Å². The lowest BCUT2D eigenvalue weighted by Gasteiger charge is -2.05. The number of rotatable bonds is 1. The molecule has 1 aliphatic heterocycles. The van der Waals surface area contributed by atoms with E-state index in [9.17, 15) is 9.59 Å². The molecule has 18 heavy (non-hydrogen) atoms. The summed E-state index contributed by atoms with van der Waals surface area (Å²) in [5.74, 6) is -0.0354. The molecule has 2 heterocycles. The highest BCUT2D eigenvalue weighted by Gasteiger charge is 2.35. The second-order valence-corrected chi connectivity index (χ2v) is 4.10. The molecule has 0 radical (unpaired) electrons. The van der Waals surface area contributed by atoms with Gasteiger partial charge in [0, 0.05) is 24.0 Å². The predicted molar refractivity (Wildman–Crippen MR) is 64.7 cm³/mol. The molecular formula is C13H10N2O3. The number of aromatic nitrogens is 1. The van der Waals surface area contributed by atoms with Crippen LogP contribution in [0.2, 0.25) is 0 Å². The van der Waals surface area contributed by atoms with Crippen LogP contribution in [0.25, 0.3) is 10.8 Å². The molecule has 0 aliphatic carbocycles. The number of carbonyl (C=O) groups excluding carboxylic acids is 2. The van der Waals surface area contributed by atoms with E-state index in [2.05, 4.69) is 4.98 Å². The highest BCUT2D eigenvalue weighted by Crippen LogP contribution is 2.30. The number of amides is 2. The number of methoxy groups -OCH3 is 1. The van der Waals surface area contributed by atoms with Crippen molar-refractivity contribution in [2.24, 2.45) is 0 Å². The summed E-state index contributed by atoms with van der Waals surface area (Å²) in [5, 5.41) is 1.51. The normalized spacial score (nSPS) is 14.2. The molecule has 0 bridgehead atoms. The minimum absolute atomic E-state index is 0.211. The van der Waals surface area contributed by atoms with Gasteiger partial charge in [0.05, 0.1) is 12.7 Å². The first-order valence-corrected chi connectivity index (χ1v) is 5.42. The lowest BCUT2D eigenvalue weighted by atomic mass is 10.1. The minimum Gasteiger partial charge on any atom is -0.497 e. The summed E-state index contributed by atoms with van der Waals surface area (Å²) in [6.45, 7) is 0. The first-order chi connectivity index (χ1) is 8.63. The molecule has 0 unspecified atom stereocenters. The SMILES string of the molecule is COc1ccc2cnc3c(c2c1)C(=O)N(C)C3=O. The van der Waals surface area contributed by atoms with E-state index in [0.717, 1.165) is 10.3 Å². The van der Waals surface area contributed by atoms with Gasteiger partial charge in [0.25, 0.3) is 11.8 Å². The Kier molecular flexibility index (Phi) is 2.10. The lowest BCUT2D eigenvalue weighted by Crippen LogP contribution is -2.24. The molecule has 0 fully saturated rings. The Morgan fingerprint density at radius 2 is 2.00 bits per heavy atom. The summed E-state index contributed by atoms with van der Waals surface area (Å²) in [4.78, 5) is 29.0. The molecule has 3 rings (SSSR count). The van der Waals surface area contributed by atoms with Gasteiger partial charge in [-0.3, -0.25) is 14.5 Å². The van der Waals surface area contributed by atoms with Crippen molar-refractivity contribution < 1.29 is 14.3 Å². The van der Waals surface area contributed by atoms with Gasteiger partial charge in [0.2, 0.25) is 0 Å². The highest BCUT2D eigenvalue weighted by molar-refractivity contribution is 6.25. The molecule has 1 aromatic heterocycles. The Morgan fingerprint density at radius 3 is 2.72 bits per heavy atom. The molecular weight excluding hydrogens is 232 g/mol. The van der Waals surface area contributed by atoms with Crippen LogP contribution in [0.5, 0.6) is 5.75 Å². The van der Waals surface area contributed by atoms with Gasteiger partial charge in [-0.05, 0) is 18.2 Å². The first-order valence-electron chi connectivity index (χ1n) is 5.42. The van der Waals surface area contributed by atoms with Crippen LogP contribution in [-0.4, -0.2) is 35.9 Å². The zero-order valence-electron chi connectivity index (χ0n) is 9.93. The zero-order chi connectivity index (χ0) is 12.9. The molecule has 0 spiro atoms. The summed E-state index contributed by atoms with van der Waals surface area (Å²) in [7, 11) is 3.01. The van der Waals surface area contributed by atoms with Crippen molar-refractivity contribution in [3.8, 4) is 5.75 Å². The molecule has 90 valence electrons. The summed E-state index contributed by atoms with van der Waals surface area (Å²) in [6, 6.07) is 5.36. The highest BCUT2D eigenvalue weighted by atomic mass is 16.5. The number of hydrogen-bond donors (Lipinski definition) is 0. The van der Waals surface area contributed by atoms with Crippen LogP contribution >= 0.6 is 0 Å². The van der Waals surface area contributed by atoms with Gasteiger partial charge >= 0.3 is 0 Å². The van der Waals surface area contributed by atoms with Crippen LogP contribution in [0.3, 0.4) is 0 Å². The van der Waals surface area contributed by atoms with E-state index in [1.54, 1.807) is 25.4 Å². The number of imide groups is 1. The van der Waals surface area contributed by atoms with E-state index in [4.69, 9.17) is 4.74 Å². The fourth-order valence-electron chi connectivity index (χ4n) is 2.12. The molecule has 5 heteroatoms. The number of pyridine rings is 1. The molecule has 0 N–H and O–H groups in total. The van der Waals surface area contributed by atoms with Crippen LogP contribution in [0.4, 0.5) is 0 Å². The minimum atomic E-state index is -0.361. The van der Waals surface area contributed by atoms with E-state index in [0.29, 0.717) is 16.7 Å². The van der Waals surface area contributed by atoms with Crippen LogP contribution in [-0.2, 0) is 0 Å². The Morgan fingerprint density at radius 1 is 1.22 bits per heavy atom. The molecule has 1 aliphatic rings. The van der Waals surface area contributed by atoms with Crippen molar-refractivity contribution in [3.05, 3.63) is 35.7 Å². The molecule has 2 amide bonds. The fourth-order valence-corrected chi connectivity index (χ4v) is 2.12. The van der Waals surface area contributed by atoms with E-state index in [1.165, 1.54) is 7.05 Å². The average molecular weight is 242 g/mol. The van der Waals surface area contributed by atoms with E-state index < -0.39 is 0 Å². The number of nitrogens with zero attached hydrogens (tertiary/aromatic N) is 2. The monoisotopic (exact) mass is 242 g/mol. The van der Waals surface area contributed by atoms with Gasteiger partial charge in [-0.1, -0.05) is 0 Å². The topological polar surface area (TPSA) is 59.5 Å². The van der Waals surface area contributed by atoms with Crippen molar-refractivity contribution >= 4 is 22.6 Å². The molecule has 5 nitrogen and oxygen atoms in total. The number of ether oxygens (including phenoxy) is 1. The van der Waals surface area contributed by atoms with Crippen LogP contribution in [0.15, 0.2) is 24.4 Å². The molecule has 2 aromatic rings. The lowest BCUT2D eigenvalue weighted by molar-refractivity contribution is 0.0692. The van der Waals surface area contributed by atoms with Crippen molar-refractivity contribution in [2.45, 2.75) is 0 Å². The third-order valence-corrected chi connectivity index (χ3v) is 3.13. The maximum atomic E-state index is 12.0. The Balaban J connectivity index is 2.39. The van der Waals surface area contributed by atoms with Crippen molar-refractivity contribution in [1.29, 1.82) is 0 Å². The van der Waals surface area contributed by atoms with Crippen LogP contribution in [0, 0.1) is 0 Å².